The molecule has 1 fully saturated rings. The molecule has 0 spiro atoms. The van der Waals surface area contributed by atoms with Gasteiger partial charge in [0.2, 0.25) is 0 Å². The summed E-state index contributed by atoms with van der Waals surface area (Å²) in [5.41, 5.74) is 6.22. The van der Waals surface area contributed by atoms with Crippen LogP contribution >= 0.6 is 11.3 Å². The van der Waals surface area contributed by atoms with E-state index in [0.29, 0.717) is 12.0 Å². The number of hydrogen-bond acceptors (Lipinski definition) is 4. The van der Waals surface area contributed by atoms with Crippen molar-refractivity contribution in [2.45, 2.75) is 25.5 Å². The number of ether oxygens (including phenoxy) is 1. The molecule has 2 heterocycles. The average molecular weight is 254 g/mol. The van der Waals surface area contributed by atoms with Crippen molar-refractivity contribution >= 4 is 11.3 Å². The number of methoxy groups -OCH3 is 1. The molecule has 3 unspecified atom stereocenters. The molecule has 1 aliphatic rings. The van der Waals surface area contributed by atoms with Crippen LogP contribution in [-0.2, 0) is 4.74 Å². The fourth-order valence-electron chi connectivity index (χ4n) is 2.44. The van der Waals surface area contributed by atoms with E-state index in [1.807, 2.05) is 7.11 Å². The smallest absolute Gasteiger partial charge is 0.0724 e. The maximum absolute atomic E-state index is 6.22. The Balaban J connectivity index is 1.87. The van der Waals surface area contributed by atoms with E-state index in [1.165, 1.54) is 11.3 Å². The largest absolute Gasteiger partial charge is 0.380 e. The van der Waals surface area contributed by atoms with Gasteiger partial charge in [0.1, 0.15) is 0 Å². The Morgan fingerprint density at radius 1 is 1.65 bits per heavy atom. The first-order valence-electron chi connectivity index (χ1n) is 6.25. The number of thiophene rings is 1. The van der Waals surface area contributed by atoms with Gasteiger partial charge in [0, 0.05) is 25.1 Å². The molecule has 3 nitrogen and oxygen atoms in total. The summed E-state index contributed by atoms with van der Waals surface area (Å²) in [5.74, 6) is 0.661. The highest BCUT2D eigenvalue weighted by atomic mass is 32.1. The first kappa shape index (κ1) is 13.0. The second kappa shape index (κ2) is 5.96. The Labute approximate surface area is 108 Å². The van der Waals surface area contributed by atoms with Crippen molar-refractivity contribution in [2.75, 3.05) is 26.7 Å². The molecule has 96 valence electrons. The van der Waals surface area contributed by atoms with Gasteiger partial charge in [-0.15, -0.1) is 11.3 Å². The molecule has 0 radical (unpaired) electrons. The van der Waals surface area contributed by atoms with Gasteiger partial charge in [-0.25, -0.2) is 0 Å². The summed E-state index contributed by atoms with van der Waals surface area (Å²) >= 11 is 1.74. The van der Waals surface area contributed by atoms with Crippen LogP contribution in [0.5, 0.6) is 0 Å². The zero-order valence-corrected chi connectivity index (χ0v) is 11.5. The second-order valence-electron chi connectivity index (χ2n) is 4.92. The van der Waals surface area contributed by atoms with Crippen molar-refractivity contribution in [3.05, 3.63) is 22.4 Å². The van der Waals surface area contributed by atoms with Gasteiger partial charge < -0.3 is 10.5 Å². The number of nitrogens with zero attached hydrogens (tertiary/aromatic N) is 1. The molecule has 2 N–H and O–H groups in total. The Hall–Kier alpha value is -0.420. The summed E-state index contributed by atoms with van der Waals surface area (Å²) < 4.78 is 5.53. The molecule has 0 aliphatic carbocycles. The molecule has 17 heavy (non-hydrogen) atoms. The van der Waals surface area contributed by atoms with Crippen molar-refractivity contribution < 1.29 is 4.74 Å². The lowest BCUT2D eigenvalue weighted by atomic mass is 9.95. The van der Waals surface area contributed by atoms with E-state index in [0.717, 1.165) is 19.6 Å². The third-order valence-electron chi connectivity index (χ3n) is 3.64. The lowest BCUT2D eigenvalue weighted by Crippen LogP contribution is -2.46. The molecule has 1 aliphatic heterocycles. The van der Waals surface area contributed by atoms with Crippen molar-refractivity contribution in [2.24, 2.45) is 11.7 Å². The topological polar surface area (TPSA) is 38.5 Å². The summed E-state index contributed by atoms with van der Waals surface area (Å²) in [6, 6.07) is 4.33. The molecule has 2 rings (SSSR count). The van der Waals surface area contributed by atoms with E-state index < -0.39 is 0 Å². The molecule has 0 amide bonds. The SMILES string of the molecule is COC1CN(CC(N)c2cccs2)CCC1C. The van der Waals surface area contributed by atoms with E-state index >= 15 is 0 Å². The standard InChI is InChI=1S/C13H22N2OS/c1-10-5-6-15(9-12(10)16-2)8-11(14)13-4-3-7-17-13/h3-4,7,10-12H,5-6,8-9,14H2,1-2H3. The molecule has 4 heteroatoms. The van der Waals surface area contributed by atoms with Crippen LogP contribution in [-0.4, -0.2) is 37.7 Å². The van der Waals surface area contributed by atoms with Crippen LogP contribution in [0.25, 0.3) is 0 Å². The van der Waals surface area contributed by atoms with Crippen LogP contribution in [0.2, 0.25) is 0 Å². The molecule has 1 aromatic heterocycles. The zero-order chi connectivity index (χ0) is 12.3. The summed E-state index contributed by atoms with van der Waals surface area (Å²) in [7, 11) is 1.81. The van der Waals surface area contributed by atoms with E-state index in [1.54, 1.807) is 11.3 Å². The number of rotatable bonds is 4. The third-order valence-corrected chi connectivity index (χ3v) is 4.64. The van der Waals surface area contributed by atoms with Crippen molar-refractivity contribution in [1.82, 2.24) is 4.90 Å². The monoisotopic (exact) mass is 254 g/mol. The fourth-order valence-corrected chi connectivity index (χ4v) is 3.16. The number of nitrogens with two attached hydrogens (primary N) is 1. The molecule has 0 saturated carbocycles. The first-order chi connectivity index (χ1) is 8.20. The van der Waals surface area contributed by atoms with Crippen LogP contribution in [0.3, 0.4) is 0 Å². The minimum atomic E-state index is 0.140. The van der Waals surface area contributed by atoms with Gasteiger partial charge in [-0.2, -0.15) is 0 Å². The van der Waals surface area contributed by atoms with E-state index in [2.05, 4.69) is 29.3 Å². The summed E-state index contributed by atoms with van der Waals surface area (Å²) in [5, 5.41) is 2.09. The molecular weight excluding hydrogens is 232 g/mol. The summed E-state index contributed by atoms with van der Waals surface area (Å²) in [6.07, 6.45) is 1.56. The third kappa shape index (κ3) is 3.28. The van der Waals surface area contributed by atoms with Crippen LogP contribution in [0.1, 0.15) is 24.3 Å². The minimum absolute atomic E-state index is 0.140. The van der Waals surface area contributed by atoms with Crippen LogP contribution < -0.4 is 5.73 Å². The van der Waals surface area contributed by atoms with Crippen LogP contribution in [0, 0.1) is 5.92 Å². The zero-order valence-electron chi connectivity index (χ0n) is 10.6. The maximum atomic E-state index is 6.22. The number of likely N-dealkylation sites (tertiary alicyclic amines) is 1. The Morgan fingerprint density at radius 2 is 2.47 bits per heavy atom. The average Bonchev–Trinajstić information content (AvgIpc) is 2.85. The van der Waals surface area contributed by atoms with Gasteiger partial charge in [0.25, 0.3) is 0 Å². The predicted molar refractivity (Wildman–Crippen MR) is 72.3 cm³/mol. The Bertz CT molecular complexity index is 328. The van der Waals surface area contributed by atoms with Crippen molar-refractivity contribution in [3.63, 3.8) is 0 Å². The van der Waals surface area contributed by atoms with E-state index in [4.69, 9.17) is 10.5 Å². The fraction of sp³-hybridized carbons (Fsp3) is 0.692. The molecule has 1 aromatic rings. The molecule has 0 bridgehead atoms. The van der Waals surface area contributed by atoms with Gasteiger partial charge in [0.05, 0.1) is 12.1 Å². The number of piperidine rings is 1. The highest BCUT2D eigenvalue weighted by Crippen LogP contribution is 2.23. The summed E-state index contributed by atoms with van der Waals surface area (Å²) in [6.45, 7) is 5.36. The summed E-state index contributed by atoms with van der Waals surface area (Å²) in [4.78, 5) is 3.70. The number of hydrogen-bond donors (Lipinski definition) is 1. The molecule has 3 atom stereocenters. The quantitative estimate of drug-likeness (QED) is 0.894. The maximum Gasteiger partial charge on any atom is 0.0724 e. The highest BCUT2D eigenvalue weighted by Gasteiger charge is 2.27. The molecular formula is C13H22N2OS. The van der Waals surface area contributed by atoms with E-state index in [-0.39, 0.29) is 6.04 Å². The Kier molecular flexibility index (Phi) is 4.56. The van der Waals surface area contributed by atoms with Gasteiger partial charge in [-0.3, -0.25) is 4.90 Å². The lowest BCUT2D eigenvalue weighted by Gasteiger charge is -2.37. The van der Waals surface area contributed by atoms with Gasteiger partial charge >= 0.3 is 0 Å². The predicted octanol–water partition coefficient (Wildman–Crippen LogP) is 2.10. The van der Waals surface area contributed by atoms with Crippen molar-refractivity contribution in [1.29, 1.82) is 0 Å². The van der Waals surface area contributed by atoms with Gasteiger partial charge in [-0.1, -0.05) is 13.0 Å². The second-order valence-corrected chi connectivity index (χ2v) is 5.90. The minimum Gasteiger partial charge on any atom is -0.380 e. The lowest BCUT2D eigenvalue weighted by molar-refractivity contribution is -0.00635. The van der Waals surface area contributed by atoms with E-state index in [9.17, 15) is 0 Å². The highest BCUT2D eigenvalue weighted by molar-refractivity contribution is 7.10. The van der Waals surface area contributed by atoms with Crippen LogP contribution in [0.15, 0.2) is 17.5 Å². The van der Waals surface area contributed by atoms with Gasteiger partial charge in [0.15, 0.2) is 0 Å². The normalized spacial score (nSPS) is 28.2. The van der Waals surface area contributed by atoms with Crippen LogP contribution in [0.4, 0.5) is 0 Å². The van der Waals surface area contributed by atoms with Crippen molar-refractivity contribution in [3.8, 4) is 0 Å². The van der Waals surface area contributed by atoms with Gasteiger partial charge in [-0.05, 0) is 30.3 Å². The molecule has 0 aromatic carbocycles. The molecule has 1 saturated heterocycles. The first-order valence-corrected chi connectivity index (χ1v) is 7.12. The Morgan fingerprint density at radius 3 is 3.12 bits per heavy atom.